The fraction of sp³-hybridized carbons (Fsp3) is 1.00. The van der Waals surface area contributed by atoms with Gasteiger partial charge >= 0.3 is 0 Å². The summed E-state index contributed by atoms with van der Waals surface area (Å²) < 4.78 is 0. The molecule has 4 heteroatoms. The Kier molecular flexibility index (Phi) is 9.20. The molecule has 0 spiro atoms. The molecule has 0 bridgehead atoms. The van der Waals surface area contributed by atoms with E-state index in [9.17, 15) is 0 Å². The molecule has 0 rings (SSSR count). The Bertz CT molecular complexity index is 168. The lowest BCUT2D eigenvalue weighted by molar-refractivity contribution is 0.473. The fourth-order valence-corrected chi connectivity index (χ4v) is 2.47. The van der Waals surface area contributed by atoms with Gasteiger partial charge in [0.2, 0.25) is 0 Å². The first-order valence-corrected chi connectivity index (χ1v) is 8.50. The van der Waals surface area contributed by atoms with E-state index >= 15 is 0 Å². The van der Waals surface area contributed by atoms with Crippen LogP contribution in [-0.4, -0.2) is 15.9 Å². The van der Waals surface area contributed by atoms with Gasteiger partial charge in [-0.1, -0.05) is 51.9 Å². The second kappa shape index (κ2) is 8.84. The van der Waals surface area contributed by atoms with Crippen molar-refractivity contribution in [3.05, 3.63) is 0 Å². The molecule has 0 fully saturated rings. The van der Waals surface area contributed by atoms with Gasteiger partial charge in [0.25, 0.3) is 0 Å². The van der Waals surface area contributed by atoms with Gasteiger partial charge in [0, 0.05) is 6.16 Å². The second-order valence-electron chi connectivity index (χ2n) is 3.86. The average molecular weight is 238 g/mol. The maximum absolute atomic E-state index is 8.97. The monoisotopic (exact) mass is 238 g/mol. The lowest BCUT2D eigenvalue weighted by Crippen LogP contribution is -1.88. The topological polar surface area (TPSA) is 40.5 Å². The first-order chi connectivity index (χ1) is 6.56. The summed E-state index contributed by atoms with van der Waals surface area (Å²) in [6.45, 7) is -0.681. The van der Waals surface area contributed by atoms with E-state index in [1.54, 1.807) is 0 Å². The molecule has 86 valence electrons. The van der Waals surface area contributed by atoms with E-state index in [1.807, 2.05) is 0 Å². The largest absolute Gasteiger partial charge is 0.345 e. The molecule has 0 atom stereocenters. The highest BCUT2D eigenvalue weighted by atomic mass is 32.5. The highest BCUT2D eigenvalue weighted by molar-refractivity contribution is 8.09. The number of hydrogen-bond acceptors (Lipinski definition) is 1. The second-order valence-corrected chi connectivity index (χ2v) is 7.39. The molecule has 0 aliphatic rings. The van der Waals surface area contributed by atoms with Crippen molar-refractivity contribution in [1.29, 1.82) is 0 Å². The van der Waals surface area contributed by atoms with Gasteiger partial charge in [-0.2, -0.15) is 0 Å². The van der Waals surface area contributed by atoms with Crippen molar-refractivity contribution >= 4 is 18.3 Å². The molecule has 2 N–H and O–H groups in total. The molecule has 14 heavy (non-hydrogen) atoms. The summed E-state index contributed by atoms with van der Waals surface area (Å²) in [6.07, 6.45) is 10.2. The highest BCUT2D eigenvalue weighted by Crippen LogP contribution is 2.36. The Hall–Kier alpha value is 0.570. The first-order valence-electron chi connectivity index (χ1n) is 5.61. The standard InChI is InChI=1S/C10H23O2PS/c1-2-3-4-5-6-7-8-9-10-13(11,12)14/h2-10H2,1H3,(H2,11,12,14). The SMILES string of the molecule is CCCCCCCCCCP(O)(O)=S. The van der Waals surface area contributed by atoms with Crippen molar-refractivity contribution in [3.63, 3.8) is 0 Å². The zero-order valence-electron chi connectivity index (χ0n) is 9.11. The van der Waals surface area contributed by atoms with E-state index in [0.29, 0.717) is 6.16 Å². The van der Waals surface area contributed by atoms with E-state index in [2.05, 4.69) is 18.7 Å². The van der Waals surface area contributed by atoms with E-state index in [1.165, 1.54) is 38.5 Å². The lowest BCUT2D eigenvalue weighted by Gasteiger charge is -2.06. The molecule has 0 unspecified atom stereocenters. The Morgan fingerprint density at radius 2 is 1.29 bits per heavy atom. The van der Waals surface area contributed by atoms with E-state index in [-0.39, 0.29) is 0 Å². The van der Waals surface area contributed by atoms with Crippen LogP contribution in [0.2, 0.25) is 0 Å². The van der Waals surface area contributed by atoms with Crippen LogP contribution in [0.3, 0.4) is 0 Å². The van der Waals surface area contributed by atoms with Crippen LogP contribution < -0.4 is 0 Å². The van der Waals surface area contributed by atoms with Crippen molar-refractivity contribution in [2.24, 2.45) is 0 Å². The molecule has 0 saturated carbocycles. The number of unbranched alkanes of at least 4 members (excludes halogenated alkanes) is 7. The molecule has 2 nitrogen and oxygen atoms in total. The van der Waals surface area contributed by atoms with Crippen molar-refractivity contribution < 1.29 is 9.79 Å². The Balaban J connectivity index is 3.03. The van der Waals surface area contributed by atoms with Crippen LogP contribution in [0, 0.1) is 0 Å². The molecule has 0 aromatic carbocycles. The van der Waals surface area contributed by atoms with Gasteiger partial charge in [-0.15, -0.1) is 0 Å². The number of rotatable bonds is 9. The minimum Gasteiger partial charge on any atom is -0.345 e. The van der Waals surface area contributed by atoms with Gasteiger partial charge in [-0.25, -0.2) is 0 Å². The zero-order valence-corrected chi connectivity index (χ0v) is 10.8. The maximum Gasteiger partial charge on any atom is 0.183 e. The third-order valence-corrected chi connectivity index (χ3v) is 3.75. The van der Waals surface area contributed by atoms with Crippen LogP contribution >= 0.6 is 6.49 Å². The summed E-state index contributed by atoms with van der Waals surface area (Å²) in [5, 5.41) is 0. The van der Waals surface area contributed by atoms with Crippen LogP contribution in [0.25, 0.3) is 0 Å². The summed E-state index contributed by atoms with van der Waals surface area (Å²) in [5.74, 6) is 0. The van der Waals surface area contributed by atoms with Gasteiger partial charge in [0.05, 0.1) is 0 Å². The molecular formula is C10H23O2PS. The summed E-state index contributed by atoms with van der Waals surface area (Å²) in [6, 6.07) is 0. The van der Waals surface area contributed by atoms with Crippen molar-refractivity contribution in [1.82, 2.24) is 0 Å². The first kappa shape index (κ1) is 14.6. The third-order valence-electron chi connectivity index (χ3n) is 2.30. The highest BCUT2D eigenvalue weighted by Gasteiger charge is 2.05. The molecular weight excluding hydrogens is 215 g/mol. The minimum atomic E-state index is -2.90. The molecule has 0 amide bonds. The van der Waals surface area contributed by atoms with Crippen LogP contribution in [0.15, 0.2) is 0 Å². The van der Waals surface area contributed by atoms with Gasteiger partial charge < -0.3 is 9.79 Å². The van der Waals surface area contributed by atoms with E-state index < -0.39 is 6.49 Å². The van der Waals surface area contributed by atoms with Crippen molar-refractivity contribution in [3.8, 4) is 0 Å². The van der Waals surface area contributed by atoms with Crippen molar-refractivity contribution in [2.45, 2.75) is 58.3 Å². The van der Waals surface area contributed by atoms with Crippen LogP contribution in [0.5, 0.6) is 0 Å². The smallest absolute Gasteiger partial charge is 0.183 e. The normalized spacial score (nSPS) is 11.9. The Labute approximate surface area is 92.9 Å². The molecule has 0 radical (unpaired) electrons. The lowest BCUT2D eigenvalue weighted by atomic mass is 10.1. The minimum absolute atomic E-state index is 0.428. The summed E-state index contributed by atoms with van der Waals surface area (Å²) in [4.78, 5) is 17.9. The predicted octanol–water partition coefficient (Wildman–Crippen LogP) is 3.42. The Morgan fingerprint density at radius 3 is 1.71 bits per heavy atom. The predicted molar refractivity (Wildman–Crippen MR) is 66.2 cm³/mol. The van der Waals surface area contributed by atoms with Gasteiger partial charge in [0.1, 0.15) is 0 Å². The van der Waals surface area contributed by atoms with Crippen molar-refractivity contribution in [2.75, 3.05) is 6.16 Å². The molecule has 0 aliphatic heterocycles. The van der Waals surface area contributed by atoms with E-state index in [0.717, 1.165) is 12.8 Å². The van der Waals surface area contributed by atoms with Crippen LogP contribution in [0.1, 0.15) is 58.3 Å². The maximum atomic E-state index is 8.97. The zero-order chi connectivity index (χ0) is 10.9. The van der Waals surface area contributed by atoms with Gasteiger partial charge in [-0.05, 0) is 18.2 Å². The van der Waals surface area contributed by atoms with Crippen LogP contribution in [-0.2, 0) is 11.8 Å². The number of hydrogen-bond donors (Lipinski definition) is 2. The molecule has 0 aromatic heterocycles. The van der Waals surface area contributed by atoms with Crippen LogP contribution in [0.4, 0.5) is 0 Å². The molecule has 0 aliphatic carbocycles. The Morgan fingerprint density at radius 1 is 0.857 bits per heavy atom. The van der Waals surface area contributed by atoms with Gasteiger partial charge in [0.15, 0.2) is 6.49 Å². The fourth-order valence-electron chi connectivity index (χ4n) is 1.45. The molecule has 0 saturated heterocycles. The summed E-state index contributed by atoms with van der Waals surface area (Å²) in [5.41, 5.74) is 0. The molecule has 0 aromatic rings. The average Bonchev–Trinajstić information content (AvgIpc) is 2.08. The van der Waals surface area contributed by atoms with E-state index in [4.69, 9.17) is 9.79 Å². The molecule has 0 heterocycles. The third kappa shape index (κ3) is 12.6. The van der Waals surface area contributed by atoms with Gasteiger partial charge in [-0.3, -0.25) is 0 Å². The summed E-state index contributed by atoms with van der Waals surface area (Å²) in [7, 11) is 0. The summed E-state index contributed by atoms with van der Waals surface area (Å²) >= 11 is 4.54. The quantitative estimate of drug-likeness (QED) is 0.477.